The van der Waals surface area contributed by atoms with Crippen LogP contribution in [0, 0.1) is 0 Å². The van der Waals surface area contributed by atoms with E-state index in [1.165, 1.54) is 11.3 Å². The van der Waals surface area contributed by atoms with Gasteiger partial charge in [0.1, 0.15) is 0 Å². The Balaban J connectivity index is 2.29. The van der Waals surface area contributed by atoms with Gasteiger partial charge in [-0.3, -0.25) is 0 Å². The van der Waals surface area contributed by atoms with Crippen LogP contribution in [0.5, 0.6) is 0 Å². The molecule has 0 saturated carbocycles. The number of hydrogen-bond acceptors (Lipinski definition) is 3. The van der Waals surface area contributed by atoms with Crippen LogP contribution in [0.1, 0.15) is 18.9 Å². The van der Waals surface area contributed by atoms with Crippen LogP contribution in [0.2, 0.25) is 0 Å². The summed E-state index contributed by atoms with van der Waals surface area (Å²) in [5, 5.41) is 0. The molecule has 100 valence electrons. The zero-order valence-electron chi connectivity index (χ0n) is 10.9. The van der Waals surface area contributed by atoms with E-state index in [0.29, 0.717) is 12.6 Å². The number of anilines is 1. The molecular formula is C14H21BrN2O. The van der Waals surface area contributed by atoms with Crippen LogP contribution in [0.15, 0.2) is 22.7 Å². The Kier molecular flexibility index (Phi) is 5.03. The molecule has 1 aliphatic heterocycles. The molecule has 0 bridgehead atoms. The zero-order chi connectivity index (χ0) is 13.0. The summed E-state index contributed by atoms with van der Waals surface area (Å²) in [6.45, 7) is 5.51. The first-order valence-corrected chi connectivity index (χ1v) is 7.38. The van der Waals surface area contributed by atoms with Crippen LogP contribution in [0.3, 0.4) is 0 Å². The van der Waals surface area contributed by atoms with E-state index in [2.05, 4.69) is 46.0 Å². The van der Waals surface area contributed by atoms with Crippen LogP contribution >= 0.6 is 15.9 Å². The second-order valence-electron chi connectivity index (χ2n) is 4.64. The second kappa shape index (κ2) is 6.55. The minimum atomic E-state index is 0.483. The molecule has 1 fully saturated rings. The molecule has 1 aromatic rings. The average molecular weight is 313 g/mol. The van der Waals surface area contributed by atoms with E-state index in [9.17, 15) is 0 Å². The van der Waals surface area contributed by atoms with Crippen LogP contribution in [0.25, 0.3) is 0 Å². The topological polar surface area (TPSA) is 38.5 Å². The highest BCUT2D eigenvalue weighted by Crippen LogP contribution is 2.28. The van der Waals surface area contributed by atoms with Crippen molar-refractivity contribution in [2.24, 2.45) is 5.73 Å². The third-order valence-electron chi connectivity index (χ3n) is 3.46. The van der Waals surface area contributed by atoms with Gasteiger partial charge in [-0.25, -0.2) is 0 Å². The van der Waals surface area contributed by atoms with Gasteiger partial charge in [-0.05, 0) is 43.1 Å². The standard InChI is InChI=1S/C14H21BrN2O/c1-2-13-10-18-8-7-17(13)14-4-3-12(15)9-11(14)5-6-16/h3-4,9,13H,2,5-8,10,16H2,1H3. The van der Waals surface area contributed by atoms with Crippen molar-refractivity contribution < 1.29 is 4.74 Å². The van der Waals surface area contributed by atoms with Gasteiger partial charge in [0.05, 0.1) is 19.3 Å². The van der Waals surface area contributed by atoms with Crippen molar-refractivity contribution in [1.82, 2.24) is 0 Å². The van der Waals surface area contributed by atoms with E-state index in [1.807, 2.05) is 0 Å². The molecule has 1 unspecified atom stereocenters. The Morgan fingerprint density at radius 1 is 1.50 bits per heavy atom. The van der Waals surface area contributed by atoms with Crippen molar-refractivity contribution in [2.75, 3.05) is 31.2 Å². The SMILES string of the molecule is CCC1COCCN1c1ccc(Br)cc1CCN. The molecule has 0 radical (unpaired) electrons. The normalized spacial score (nSPS) is 20.2. The maximum Gasteiger partial charge on any atom is 0.0670 e. The number of nitrogens with two attached hydrogens (primary N) is 1. The molecule has 1 aromatic carbocycles. The smallest absolute Gasteiger partial charge is 0.0670 e. The van der Waals surface area contributed by atoms with Gasteiger partial charge in [0.2, 0.25) is 0 Å². The van der Waals surface area contributed by atoms with E-state index in [4.69, 9.17) is 10.5 Å². The fourth-order valence-electron chi connectivity index (χ4n) is 2.50. The van der Waals surface area contributed by atoms with Crippen molar-refractivity contribution >= 4 is 21.6 Å². The molecule has 1 heterocycles. The fourth-order valence-corrected chi connectivity index (χ4v) is 2.91. The monoisotopic (exact) mass is 312 g/mol. The lowest BCUT2D eigenvalue weighted by Gasteiger charge is -2.38. The number of rotatable bonds is 4. The third-order valence-corrected chi connectivity index (χ3v) is 3.96. The van der Waals surface area contributed by atoms with Crippen molar-refractivity contribution in [3.05, 3.63) is 28.2 Å². The third kappa shape index (κ3) is 3.05. The number of nitrogens with zero attached hydrogens (tertiary/aromatic N) is 1. The van der Waals surface area contributed by atoms with Gasteiger partial charge in [-0.1, -0.05) is 22.9 Å². The van der Waals surface area contributed by atoms with Crippen molar-refractivity contribution in [3.63, 3.8) is 0 Å². The van der Waals surface area contributed by atoms with E-state index >= 15 is 0 Å². The molecule has 4 heteroatoms. The van der Waals surface area contributed by atoms with Gasteiger partial charge in [0, 0.05) is 16.7 Å². The highest BCUT2D eigenvalue weighted by atomic mass is 79.9. The zero-order valence-corrected chi connectivity index (χ0v) is 12.4. The van der Waals surface area contributed by atoms with Gasteiger partial charge in [0.25, 0.3) is 0 Å². The molecule has 0 aromatic heterocycles. The van der Waals surface area contributed by atoms with Gasteiger partial charge in [-0.2, -0.15) is 0 Å². The molecule has 3 nitrogen and oxygen atoms in total. The quantitative estimate of drug-likeness (QED) is 0.928. The van der Waals surface area contributed by atoms with Crippen molar-refractivity contribution in [1.29, 1.82) is 0 Å². The first kappa shape index (κ1) is 13.8. The Hall–Kier alpha value is -0.580. The fraction of sp³-hybridized carbons (Fsp3) is 0.571. The van der Waals surface area contributed by atoms with Crippen LogP contribution in [-0.4, -0.2) is 32.3 Å². The summed E-state index contributed by atoms with van der Waals surface area (Å²) in [5.74, 6) is 0. The molecule has 1 atom stereocenters. The number of benzene rings is 1. The Labute approximate surface area is 117 Å². The molecule has 0 aliphatic carbocycles. The predicted octanol–water partition coefficient (Wildman–Crippen LogP) is 2.57. The number of morpholine rings is 1. The summed E-state index contributed by atoms with van der Waals surface area (Å²) in [6, 6.07) is 6.97. The molecule has 18 heavy (non-hydrogen) atoms. The van der Waals surface area contributed by atoms with Gasteiger partial charge in [-0.15, -0.1) is 0 Å². The summed E-state index contributed by atoms with van der Waals surface area (Å²) in [5.41, 5.74) is 8.36. The summed E-state index contributed by atoms with van der Waals surface area (Å²) in [6.07, 6.45) is 2.03. The molecule has 1 aliphatic rings. The minimum absolute atomic E-state index is 0.483. The Bertz CT molecular complexity index is 397. The van der Waals surface area contributed by atoms with Crippen molar-refractivity contribution in [3.8, 4) is 0 Å². The highest BCUT2D eigenvalue weighted by molar-refractivity contribution is 9.10. The van der Waals surface area contributed by atoms with E-state index < -0.39 is 0 Å². The number of ether oxygens (including phenoxy) is 1. The van der Waals surface area contributed by atoms with Crippen LogP contribution in [-0.2, 0) is 11.2 Å². The molecular weight excluding hydrogens is 292 g/mol. The van der Waals surface area contributed by atoms with Crippen LogP contribution in [0.4, 0.5) is 5.69 Å². The molecule has 2 N–H and O–H groups in total. The van der Waals surface area contributed by atoms with E-state index in [-0.39, 0.29) is 0 Å². The maximum atomic E-state index is 5.72. The van der Waals surface area contributed by atoms with E-state index in [0.717, 1.165) is 37.1 Å². The lowest BCUT2D eigenvalue weighted by molar-refractivity contribution is 0.0929. The molecule has 2 rings (SSSR count). The number of hydrogen-bond donors (Lipinski definition) is 1. The Morgan fingerprint density at radius 3 is 3.06 bits per heavy atom. The summed E-state index contributed by atoms with van der Waals surface area (Å²) in [4.78, 5) is 2.47. The number of halogens is 1. The van der Waals surface area contributed by atoms with Gasteiger partial charge >= 0.3 is 0 Å². The van der Waals surface area contributed by atoms with Crippen LogP contribution < -0.4 is 10.6 Å². The summed E-state index contributed by atoms with van der Waals surface area (Å²) in [7, 11) is 0. The van der Waals surface area contributed by atoms with E-state index in [1.54, 1.807) is 0 Å². The van der Waals surface area contributed by atoms with Crippen molar-refractivity contribution in [2.45, 2.75) is 25.8 Å². The molecule has 0 spiro atoms. The highest BCUT2D eigenvalue weighted by Gasteiger charge is 2.23. The Morgan fingerprint density at radius 2 is 2.33 bits per heavy atom. The second-order valence-corrected chi connectivity index (χ2v) is 5.56. The predicted molar refractivity (Wildman–Crippen MR) is 79.1 cm³/mol. The summed E-state index contributed by atoms with van der Waals surface area (Å²) >= 11 is 3.54. The lowest BCUT2D eigenvalue weighted by Crippen LogP contribution is -2.45. The first-order chi connectivity index (χ1) is 8.76. The largest absolute Gasteiger partial charge is 0.377 e. The first-order valence-electron chi connectivity index (χ1n) is 6.59. The average Bonchev–Trinajstić information content (AvgIpc) is 2.39. The molecule has 0 amide bonds. The van der Waals surface area contributed by atoms with Gasteiger partial charge < -0.3 is 15.4 Å². The maximum absolute atomic E-state index is 5.72. The van der Waals surface area contributed by atoms with Gasteiger partial charge in [0.15, 0.2) is 0 Å². The molecule has 1 saturated heterocycles. The minimum Gasteiger partial charge on any atom is -0.377 e. The summed E-state index contributed by atoms with van der Waals surface area (Å²) < 4.78 is 6.69. The lowest BCUT2D eigenvalue weighted by atomic mass is 10.1.